The first-order valence-corrected chi connectivity index (χ1v) is 9.29. The summed E-state index contributed by atoms with van der Waals surface area (Å²) in [6.45, 7) is 7.42. The van der Waals surface area contributed by atoms with Crippen LogP contribution in [0.4, 0.5) is 10.1 Å². The molecular formula is C21H21FN4O3. The highest BCUT2D eigenvalue weighted by molar-refractivity contribution is 6.01. The molecule has 1 aliphatic rings. The van der Waals surface area contributed by atoms with Gasteiger partial charge >= 0.3 is 0 Å². The number of aromatic nitrogens is 3. The van der Waals surface area contributed by atoms with Gasteiger partial charge in [0.2, 0.25) is 11.6 Å². The van der Waals surface area contributed by atoms with Crippen molar-refractivity contribution in [1.29, 1.82) is 0 Å². The Morgan fingerprint density at radius 3 is 2.59 bits per heavy atom. The molecule has 1 aliphatic heterocycles. The molecule has 29 heavy (non-hydrogen) atoms. The highest BCUT2D eigenvalue weighted by Gasteiger charge is 2.32. The van der Waals surface area contributed by atoms with Gasteiger partial charge in [-0.25, -0.2) is 14.1 Å². The van der Waals surface area contributed by atoms with Gasteiger partial charge in [0.15, 0.2) is 11.5 Å². The number of rotatable bonds is 4. The average Bonchev–Trinajstić information content (AvgIpc) is 3.21. The van der Waals surface area contributed by atoms with Crippen molar-refractivity contribution in [3.05, 3.63) is 59.9 Å². The number of anilines is 1. The zero-order valence-corrected chi connectivity index (χ0v) is 16.6. The molecule has 1 amide bonds. The van der Waals surface area contributed by atoms with Gasteiger partial charge in [-0.05, 0) is 24.3 Å². The molecule has 0 bridgehead atoms. The first kappa shape index (κ1) is 18.9. The van der Waals surface area contributed by atoms with E-state index in [1.165, 1.54) is 10.7 Å². The Bertz CT molecular complexity index is 1090. The second kappa shape index (κ2) is 6.88. The molecule has 0 radical (unpaired) electrons. The van der Waals surface area contributed by atoms with E-state index in [1.54, 1.807) is 50.2 Å². The minimum atomic E-state index is -0.753. The van der Waals surface area contributed by atoms with Gasteiger partial charge in [-0.15, -0.1) is 5.10 Å². The molecule has 7 nitrogen and oxygen atoms in total. The van der Waals surface area contributed by atoms with Crippen LogP contribution in [0, 0.1) is 5.82 Å². The maximum absolute atomic E-state index is 14.3. The van der Waals surface area contributed by atoms with Crippen LogP contribution in [0.25, 0.3) is 5.69 Å². The fourth-order valence-electron chi connectivity index (χ4n) is 3.08. The molecule has 0 spiro atoms. The summed E-state index contributed by atoms with van der Waals surface area (Å²) >= 11 is 0. The first-order chi connectivity index (χ1) is 13.7. The van der Waals surface area contributed by atoms with Gasteiger partial charge in [0, 0.05) is 31.5 Å². The topological polar surface area (TPSA) is 78.3 Å². The van der Waals surface area contributed by atoms with Crippen LogP contribution in [0.2, 0.25) is 0 Å². The highest BCUT2D eigenvalue weighted by Crippen LogP contribution is 2.40. The summed E-state index contributed by atoms with van der Waals surface area (Å²) in [6, 6.07) is 11.4. The molecule has 8 heteroatoms. The zero-order chi connectivity index (χ0) is 20.8. The number of hydrogen-bond acceptors (Lipinski definition) is 5. The lowest BCUT2D eigenvalue weighted by Crippen LogP contribution is -2.29. The summed E-state index contributed by atoms with van der Waals surface area (Å²) in [5.41, 5.74) is 0.761. The predicted octanol–water partition coefficient (Wildman–Crippen LogP) is 4.29. The van der Waals surface area contributed by atoms with Crippen LogP contribution < -0.4 is 14.8 Å². The van der Waals surface area contributed by atoms with E-state index in [0.29, 0.717) is 23.0 Å². The average molecular weight is 396 g/mol. The summed E-state index contributed by atoms with van der Waals surface area (Å²) in [4.78, 5) is 17.1. The third kappa shape index (κ3) is 3.65. The van der Waals surface area contributed by atoms with Crippen LogP contribution in [0.1, 0.15) is 50.1 Å². The molecular weight excluding hydrogens is 375 g/mol. The van der Waals surface area contributed by atoms with Gasteiger partial charge in [0.1, 0.15) is 17.3 Å². The van der Waals surface area contributed by atoms with Gasteiger partial charge in [-0.1, -0.05) is 26.0 Å². The summed E-state index contributed by atoms with van der Waals surface area (Å²) < 4.78 is 27.0. The van der Waals surface area contributed by atoms with Crippen molar-refractivity contribution in [2.45, 2.75) is 39.4 Å². The van der Waals surface area contributed by atoms with E-state index in [1.807, 2.05) is 13.8 Å². The van der Waals surface area contributed by atoms with E-state index >= 15 is 0 Å². The molecule has 0 saturated carbocycles. The second-order valence-corrected chi connectivity index (χ2v) is 7.53. The molecule has 0 saturated heterocycles. The maximum atomic E-state index is 14.3. The third-order valence-corrected chi connectivity index (χ3v) is 4.35. The number of ether oxygens (including phenoxy) is 2. The number of halogens is 1. The van der Waals surface area contributed by atoms with E-state index in [2.05, 4.69) is 15.4 Å². The number of hydrogen-bond donors (Lipinski definition) is 1. The smallest absolute Gasteiger partial charge is 0.295 e. The molecule has 1 aromatic heterocycles. The van der Waals surface area contributed by atoms with Crippen LogP contribution in [0.5, 0.6) is 11.5 Å². The molecule has 2 aromatic carbocycles. The summed E-state index contributed by atoms with van der Waals surface area (Å²) in [5, 5.41) is 7.01. The predicted molar refractivity (Wildman–Crippen MR) is 105 cm³/mol. The lowest BCUT2D eigenvalue weighted by atomic mass is 10.2. The number of amides is 1. The number of para-hydroxylation sites is 1. The van der Waals surface area contributed by atoms with Crippen LogP contribution in [-0.2, 0) is 0 Å². The number of carbonyl (C=O) groups excluding carboxylic acids is 1. The van der Waals surface area contributed by atoms with E-state index in [0.717, 1.165) is 0 Å². The van der Waals surface area contributed by atoms with Crippen molar-refractivity contribution in [3.8, 4) is 17.2 Å². The zero-order valence-electron chi connectivity index (χ0n) is 16.6. The Kier molecular flexibility index (Phi) is 4.49. The number of fused-ring (bicyclic) bond motifs is 1. The van der Waals surface area contributed by atoms with Crippen molar-refractivity contribution >= 4 is 11.6 Å². The number of nitrogens with zero attached hydrogens (tertiary/aromatic N) is 3. The Morgan fingerprint density at radius 1 is 1.14 bits per heavy atom. The fourth-order valence-corrected chi connectivity index (χ4v) is 3.08. The van der Waals surface area contributed by atoms with Crippen LogP contribution >= 0.6 is 0 Å². The highest BCUT2D eigenvalue weighted by atomic mass is 19.1. The molecule has 2 heterocycles. The van der Waals surface area contributed by atoms with E-state index in [9.17, 15) is 9.18 Å². The molecule has 0 unspecified atom stereocenters. The van der Waals surface area contributed by atoms with E-state index in [4.69, 9.17) is 9.47 Å². The fraction of sp³-hybridized carbons (Fsp3) is 0.286. The second-order valence-electron chi connectivity index (χ2n) is 7.53. The molecule has 150 valence electrons. The van der Waals surface area contributed by atoms with Gasteiger partial charge in [0.25, 0.3) is 5.91 Å². The maximum Gasteiger partial charge on any atom is 0.295 e. The normalized spacial score (nSPS) is 14.3. The summed E-state index contributed by atoms with van der Waals surface area (Å²) in [6.07, 6.45) is 0. The summed E-state index contributed by atoms with van der Waals surface area (Å²) in [7, 11) is 0. The quantitative estimate of drug-likeness (QED) is 0.712. The Balaban J connectivity index is 1.62. The van der Waals surface area contributed by atoms with Crippen molar-refractivity contribution in [2.24, 2.45) is 0 Å². The van der Waals surface area contributed by atoms with Crippen LogP contribution in [-0.4, -0.2) is 26.5 Å². The Labute approximate surface area is 167 Å². The standard InChI is InChI=1S/C21H21FN4O3/c1-12(2)19-24-18(25-26(19)15-8-6-5-7-14(15)22)20(27)23-13-9-10-16-17(11-13)29-21(3,4)28-16/h5-12H,1-4H3,(H,23,27). The van der Waals surface area contributed by atoms with Crippen molar-refractivity contribution in [3.63, 3.8) is 0 Å². The number of benzene rings is 2. The van der Waals surface area contributed by atoms with Gasteiger partial charge in [-0.2, -0.15) is 0 Å². The SMILES string of the molecule is CC(C)c1nc(C(=O)Nc2ccc3c(c2)OC(C)(C)O3)nn1-c1ccccc1F. The Hall–Kier alpha value is -3.42. The molecule has 0 atom stereocenters. The molecule has 3 aromatic rings. The van der Waals surface area contributed by atoms with Gasteiger partial charge < -0.3 is 14.8 Å². The minimum absolute atomic E-state index is 0.0463. The first-order valence-electron chi connectivity index (χ1n) is 9.29. The van der Waals surface area contributed by atoms with Crippen molar-refractivity contribution in [1.82, 2.24) is 14.8 Å². The number of carbonyl (C=O) groups is 1. The lowest BCUT2D eigenvalue weighted by molar-refractivity contribution is -0.0431. The molecule has 1 N–H and O–H groups in total. The van der Waals surface area contributed by atoms with Gasteiger partial charge in [0.05, 0.1) is 0 Å². The summed E-state index contributed by atoms with van der Waals surface area (Å²) in [5.74, 6) is -0.154. The monoisotopic (exact) mass is 396 g/mol. The minimum Gasteiger partial charge on any atom is -0.449 e. The molecule has 0 aliphatic carbocycles. The van der Waals surface area contributed by atoms with Gasteiger partial charge in [-0.3, -0.25) is 4.79 Å². The van der Waals surface area contributed by atoms with E-state index in [-0.39, 0.29) is 17.4 Å². The third-order valence-electron chi connectivity index (χ3n) is 4.35. The largest absolute Gasteiger partial charge is 0.449 e. The van der Waals surface area contributed by atoms with Crippen LogP contribution in [0.15, 0.2) is 42.5 Å². The molecule has 0 fully saturated rings. The van der Waals surface area contributed by atoms with Crippen molar-refractivity contribution in [2.75, 3.05) is 5.32 Å². The van der Waals surface area contributed by atoms with E-state index < -0.39 is 17.5 Å². The number of nitrogens with one attached hydrogen (secondary N) is 1. The Morgan fingerprint density at radius 2 is 1.86 bits per heavy atom. The van der Waals surface area contributed by atoms with Crippen molar-refractivity contribution < 1.29 is 18.7 Å². The lowest BCUT2D eigenvalue weighted by Gasteiger charge is -2.16. The molecule has 4 rings (SSSR count). The van der Waals surface area contributed by atoms with Crippen LogP contribution in [0.3, 0.4) is 0 Å².